The highest BCUT2D eigenvalue weighted by Crippen LogP contribution is 2.17. The van der Waals surface area contributed by atoms with E-state index in [0.29, 0.717) is 11.8 Å². The van der Waals surface area contributed by atoms with Gasteiger partial charge in [0.2, 0.25) is 0 Å². The van der Waals surface area contributed by atoms with Gasteiger partial charge in [-0.15, -0.1) is 0 Å². The molecule has 0 saturated heterocycles. The molecule has 0 aliphatic carbocycles. The molecule has 0 atom stereocenters. The topological polar surface area (TPSA) is 32.4 Å². The van der Waals surface area contributed by atoms with Crippen molar-refractivity contribution in [2.75, 3.05) is 6.61 Å². The van der Waals surface area contributed by atoms with E-state index in [1.165, 1.54) is 0 Å². The second-order valence-corrected chi connectivity index (χ2v) is 5.26. The fourth-order valence-electron chi connectivity index (χ4n) is 0.446. The first-order valence-electron chi connectivity index (χ1n) is 4.23. The fraction of sp³-hybridized carbons (Fsp3) is 1.00. The summed E-state index contributed by atoms with van der Waals surface area (Å²) in [6.45, 7) is 12.0. The Morgan fingerprint density at radius 1 is 1.08 bits per heavy atom. The lowest BCUT2D eigenvalue weighted by molar-refractivity contribution is -0.421. The second kappa shape index (κ2) is 3.73. The molecule has 0 heterocycles. The number of hydrogen-bond acceptors (Lipinski definition) is 2. The number of nitrogens with zero attached hydrogens (tertiary/aromatic N) is 1. The molecule has 0 aromatic rings. The molecule has 1 radical (unpaired) electrons. The number of rotatable bonds is 2. The molecule has 0 unspecified atom stereocenters. The van der Waals surface area contributed by atoms with Crippen LogP contribution in [0.15, 0.2) is 0 Å². The molecule has 0 saturated carbocycles. The van der Waals surface area contributed by atoms with E-state index in [1.54, 1.807) is 0 Å². The smallest absolute Gasteiger partial charge is 0.0761 e. The van der Waals surface area contributed by atoms with Crippen molar-refractivity contribution in [2.45, 2.75) is 47.1 Å². The Morgan fingerprint density at radius 3 is 1.75 bits per heavy atom. The quantitative estimate of drug-likeness (QED) is 0.602. The van der Waals surface area contributed by atoms with Crippen molar-refractivity contribution in [1.29, 1.82) is 0 Å². The highest BCUT2D eigenvalue weighted by Gasteiger charge is 2.24. The van der Waals surface area contributed by atoms with Crippen molar-refractivity contribution in [3.63, 3.8) is 0 Å². The van der Waals surface area contributed by atoms with Gasteiger partial charge < -0.3 is 0 Å². The first-order valence-corrected chi connectivity index (χ1v) is 4.23. The lowest BCUT2D eigenvalue weighted by Gasteiger charge is -2.28. The molecule has 0 rings (SSSR count). The van der Waals surface area contributed by atoms with Gasteiger partial charge in [0.25, 0.3) is 0 Å². The molecule has 0 aliphatic heterocycles. The summed E-state index contributed by atoms with van der Waals surface area (Å²) in [6.07, 6.45) is 0. The van der Waals surface area contributed by atoms with E-state index in [2.05, 4.69) is 0 Å². The van der Waals surface area contributed by atoms with Crippen LogP contribution in [0.2, 0.25) is 0 Å². The largest absolute Gasteiger partial charge is 0.271 e. The summed E-state index contributed by atoms with van der Waals surface area (Å²) in [5, 5.41) is 11.9. The Labute approximate surface area is 75.2 Å². The van der Waals surface area contributed by atoms with E-state index in [4.69, 9.17) is 4.84 Å². The molecule has 0 spiro atoms. The Balaban J connectivity index is 3.80. The minimum absolute atomic E-state index is 0.0356. The third-order valence-electron chi connectivity index (χ3n) is 1.16. The standard InChI is InChI=1S/C9H20NO2/c1-8(2,3)7-12-10(11)9(4,5)6/h7H2,1-6H3. The molecule has 0 N–H and O–H groups in total. The lowest BCUT2D eigenvalue weighted by atomic mass is 9.99. The van der Waals surface area contributed by atoms with Gasteiger partial charge in [0, 0.05) is 0 Å². The number of hydrogen-bond donors (Lipinski definition) is 0. The van der Waals surface area contributed by atoms with Crippen molar-refractivity contribution in [1.82, 2.24) is 5.23 Å². The van der Waals surface area contributed by atoms with Gasteiger partial charge in [-0.1, -0.05) is 26.0 Å². The van der Waals surface area contributed by atoms with Gasteiger partial charge in [-0.3, -0.25) is 4.84 Å². The molecular formula is C9H20NO2. The molecule has 3 nitrogen and oxygen atoms in total. The minimum atomic E-state index is -0.467. The van der Waals surface area contributed by atoms with Gasteiger partial charge in [-0.2, -0.15) is 0 Å². The van der Waals surface area contributed by atoms with E-state index in [9.17, 15) is 5.21 Å². The maximum absolute atomic E-state index is 11.2. The fourth-order valence-corrected chi connectivity index (χ4v) is 0.446. The molecule has 12 heavy (non-hydrogen) atoms. The van der Waals surface area contributed by atoms with Crippen LogP contribution in [0.25, 0.3) is 0 Å². The summed E-state index contributed by atoms with van der Waals surface area (Å²) >= 11 is 0. The zero-order valence-electron chi connectivity index (χ0n) is 8.97. The molecule has 0 bridgehead atoms. The molecular weight excluding hydrogens is 154 g/mol. The van der Waals surface area contributed by atoms with Crippen LogP contribution in [-0.4, -0.2) is 17.4 Å². The van der Waals surface area contributed by atoms with Crippen LogP contribution >= 0.6 is 0 Å². The molecule has 0 fully saturated rings. The first-order chi connectivity index (χ1) is 5.13. The van der Waals surface area contributed by atoms with Gasteiger partial charge in [0.1, 0.15) is 0 Å². The van der Waals surface area contributed by atoms with Crippen molar-refractivity contribution in [3.05, 3.63) is 0 Å². The Morgan fingerprint density at radius 2 is 1.50 bits per heavy atom. The van der Waals surface area contributed by atoms with Crippen molar-refractivity contribution in [3.8, 4) is 0 Å². The Bertz CT molecular complexity index is 132. The van der Waals surface area contributed by atoms with Crippen LogP contribution in [-0.2, 0) is 10.0 Å². The zero-order valence-corrected chi connectivity index (χ0v) is 8.97. The summed E-state index contributed by atoms with van der Waals surface area (Å²) < 4.78 is 0. The Hall–Kier alpha value is -0.120. The van der Waals surface area contributed by atoms with Gasteiger partial charge >= 0.3 is 0 Å². The lowest BCUT2D eigenvalue weighted by Crippen LogP contribution is -2.39. The summed E-state index contributed by atoms with van der Waals surface area (Å²) in [4.78, 5) is 5.05. The molecule has 0 aromatic carbocycles. The van der Waals surface area contributed by atoms with Crippen LogP contribution in [0.4, 0.5) is 0 Å². The molecule has 73 valence electrons. The normalized spacial score (nSPS) is 14.0. The van der Waals surface area contributed by atoms with Gasteiger partial charge in [-0.25, -0.2) is 0 Å². The zero-order chi connectivity index (χ0) is 9.99. The predicted octanol–water partition coefficient (Wildman–Crippen LogP) is 2.41. The predicted molar refractivity (Wildman–Crippen MR) is 47.7 cm³/mol. The maximum Gasteiger partial charge on any atom is 0.0761 e. The average Bonchev–Trinajstić information content (AvgIpc) is 1.78. The van der Waals surface area contributed by atoms with Crippen LogP contribution in [0.1, 0.15) is 41.5 Å². The van der Waals surface area contributed by atoms with Crippen LogP contribution in [0.3, 0.4) is 0 Å². The maximum atomic E-state index is 11.2. The summed E-state index contributed by atoms with van der Waals surface area (Å²) in [7, 11) is 0. The molecule has 3 heteroatoms. The van der Waals surface area contributed by atoms with E-state index in [-0.39, 0.29) is 5.41 Å². The van der Waals surface area contributed by atoms with Crippen LogP contribution in [0.5, 0.6) is 0 Å². The van der Waals surface area contributed by atoms with Gasteiger partial charge in [0.15, 0.2) is 0 Å². The summed E-state index contributed by atoms with van der Waals surface area (Å²) in [5.74, 6) is 0. The highest BCUT2D eigenvalue weighted by atomic mass is 16.9. The van der Waals surface area contributed by atoms with E-state index >= 15 is 0 Å². The van der Waals surface area contributed by atoms with Crippen molar-refractivity contribution >= 4 is 0 Å². The van der Waals surface area contributed by atoms with E-state index in [0.717, 1.165) is 0 Å². The summed E-state index contributed by atoms with van der Waals surface area (Å²) in [5.41, 5.74) is -0.431. The highest BCUT2D eigenvalue weighted by molar-refractivity contribution is 4.64. The summed E-state index contributed by atoms with van der Waals surface area (Å²) in [6, 6.07) is 0. The first kappa shape index (κ1) is 11.9. The van der Waals surface area contributed by atoms with Gasteiger partial charge in [-0.05, 0) is 31.4 Å². The van der Waals surface area contributed by atoms with E-state index < -0.39 is 5.54 Å². The number of hydroxylamine groups is 2. The van der Waals surface area contributed by atoms with Crippen LogP contribution in [0, 0.1) is 5.41 Å². The Kier molecular flexibility index (Phi) is 3.69. The second-order valence-electron chi connectivity index (χ2n) is 5.26. The van der Waals surface area contributed by atoms with Gasteiger partial charge in [0.05, 0.1) is 12.1 Å². The van der Waals surface area contributed by atoms with Crippen molar-refractivity contribution in [2.24, 2.45) is 5.41 Å². The molecule has 0 aliphatic rings. The SMILES string of the molecule is CC(C)(C)CON([O])C(C)(C)C. The minimum Gasteiger partial charge on any atom is -0.271 e. The van der Waals surface area contributed by atoms with E-state index in [1.807, 2.05) is 41.5 Å². The molecule has 0 amide bonds. The third-order valence-corrected chi connectivity index (χ3v) is 1.16. The van der Waals surface area contributed by atoms with Crippen LogP contribution < -0.4 is 0 Å². The molecule has 0 aromatic heterocycles. The van der Waals surface area contributed by atoms with Crippen molar-refractivity contribution < 1.29 is 10.0 Å². The monoisotopic (exact) mass is 174 g/mol. The average molecular weight is 174 g/mol. The third kappa shape index (κ3) is 5.52.